The van der Waals surface area contributed by atoms with Crippen molar-refractivity contribution < 1.29 is 4.79 Å². The molecular formula is C12H26ClN3O. The molecule has 2 atom stereocenters. The van der Waals surface area contributed by atoms with Crippen LogP contribution in [0.15, 0.2) is 0 Å². The summed E-state index contributed by atoms with van der Waals surface area (Å²) >= 11 is 0. The second-order valence-corrected chi connectivity index (χ2v) is 5.00. The minimum Gasteiger partial charge on any atom is -0.349 e. The van der Waals surface area contributed by atoms with Gasteiger partial charge >= 0.3 is 0 Å². The summed E-state index contributed by atoms with van der Waals surface area (Å²) < 4.78 is 0. The van der Waals surface area contributed by atoms with Crippen molar-refractivity contribution in [2.45, 2.75) is 44.7 Å². The number of nitrogens with zero attached hydrogens (tertiary/aromatic N) is 2. The Morgan fingerprint density at radius 1 is 1.47 bits per heavy atom. The van der Waals surface area contributed by atoms with E-state index in [2.05, 4.69) is 11.8 Å². The Morgan fingerprint density at radius 3 is 2.65 bits per heavy atom. The smallest absolute Gasteiger partial charge is 0.223 e. The highest BCUT2D eigenvalue weighted by molar-refractivity contribution is 5.85. The number of hydrogen-bond donors (Lipinski definition) is 1. The van der Waals surface area contributed by atoms with Crippen molar-refractivity contribution in [2.24, 2.45) is 5.73 Å². The Morgan fingerprint density at radius 2 is 2.12 bits per heavy atom. The van der Waals surface area contributed by atoms with E-state index in [0.717, 1.165) is 13.1 Å². The van der Waals surface area contributed by atoms with E-state index in [0.29, 0.717) is 12.5 Å². The third kappa shape index (κ3) is 5.23. The topological polar surface area (TPSA) is 49.6 Å². The first-order chi connectivity index (χ1) is 7.52. The molecular weight excluding hydrogens is 238 g/mol. The Hall–Kier alpha value is -0.320. The molecule has 1 rings (SSSR count). The number of carbonyl (C=O) groups is 1. The van der Waals surface area contributed by atoms with Gasteiger partial charge in [-0.05, 0) is 26.3 Å². The number of nitrogens with two attached hydrogens (primary N) is 1. The molecule has 1 heterocycles. The number of rotatable bonds is 4. The van der Waals surface area contributed by atoms with Crippen LogP contribution in [0.2, 0.25) is 0 Å². The standard InChI is InChI=1S/C12H25N3O.ClH/c1-10(13)11-6-4-5-8-15(11)9-7-12(16)14(2)3;/h10-11H,4-9,13H2,1-3H3;1H. The summed E-state index contributed by atoms with van der Waals surface area (Å²) in [6.45, 7) is 4.01. The van der Waals surface area contributed by atoms with Gasteiger partial charge in [0.1, 0.15) is 0 Å². The maximum atomic E-state index is 11.5. The summed E-state index contributed by atoms with van der Waals surface area (Å²) in [5.74, 6) is 0.203. The fourth-order valence-corrected chi connectivity index (χ4v) is 2.35. The first-order valence-electron chi connectivity index (χ1n) is 6.22. The number of hydrogen-bond acceptors (Lipinski definition) is 3. The van der Waals surface area contributed by atoms with Crippen LogP contribution < -0.4 is 5.73 Å². The summed E-state index contributed by atoms with van der Waals surface area (Å²) in [5.41, 5.74) is 5.99. The second-order valence-electron chi connectivity index (χ2n) is 5.00. The van der Waals surface area contributed by atoms with E-state index in [9.17, 15) is 4.79 Å². The summed E-state index contributed by atoms with van der Waals surface area (Å²) in [4.78, 5) is 15.6. The van der Waals surface area contributed by atoms with Gasteiger partial charge in [0, 0.05) is 39.1 Å². The van der Waals surface area contributed by atoms with Crippen molar-refractivity contribution in [1.29, 1.82) is 0 Å². The number of carbonyl (C=O) groups excluding carboxylic acids is 1. The van der Waals surface area contributed by atoms with Gasteiger partial charge < -0.3 is 10.6 Å². The fourth-order valence-electron chi connectivity index (χ4n) is 2.35. The van der Waals surface area contributed by atoms with Crippen molar-refractivity contribution >= 4 is 18.3 Å². The molecule has 0 bridgehead atoms. The highest BCUT2D eigenvalue weighted by Gasteiger charge is 2.25. The summed E-state index contributed by atoms with van der Waals surface area (Å²) in [6, 6.07) is 0.665. The largest absolute Gasteiger partial charge is 0.349 e. The van der Waals surface area contributed by atoms with Crippen LogP contribution in [0.5, 0.6) is 0 Å². The van der Waals surface area contributed by atoms with Gasteiger partial charge in [-0.3, -0.25) is 9.69 Å². The molecule has 0 aromatic heterocycles. The van der Waals surface area contributed by atoms with Crippen LogP contribution >= 0.6 is 12.4 Å². The molecule has 17 heavy (non-hydrogen) atoms. The van der Waals surface area contributed by atoms with E-state index >= 15 is 0 Å². The van der Waals surface area contributed by atoms with E-state index < -0.39 is 0 Å². The highest BCUT2D eigenvalue weighted by Crippen LogP contribution is 2.19. The van der Waals surface area contributed by atoms with Crippen molar-refractivity contribution in [3.8, 4) is 0 Å². The van der Waals surface area contributed by atoms with Crippen LogP contribution in [0, 0.1) is 0 Å². The maximum absolute atomic E-state index is 11.5. The van der Waals surface area contributed by atoms with Crippen LogP contribution in [0.1, 0.15) is 32.6 Å². The van der Waals surface area contributed by atoms with Crippen LogP contribution in [-0.2, 0) is 4.79 Å². The van der Waals surface area contributed by atoms with E-state index in [1.165, 1.54) is 19.3 Å². The van der Waals surface area contributed by atoms with Gasteiger partial charge in [-0.1, -0.05) is 6.42 Å². The van der Waals surface area contributed by atoms with Crippen LogP contribution in [-0.4, -0.2) is 55.0 Å². The van der Waals surface area contributed by atoms with Gasteiger partial charge in [0.2, 0.25) is 5.91 Å². The number of piperidine rings is 1. The number of likely N-dealkylation sites (tertiary alicyclic amines) is 1. The molecule has 0 saturated carbocycles. The zero-order valence-electron chi connectivity index (χ0n) is 11.2. The molecule has 0 spiro atoms. The normalized spacial score (nSPS) is 22.7. The first-order valence-corrected chi connectivity index (χ1v) is 6.22. The molecule has 1 aliphatic heterocycles. The quantitative estimate of drug-likeness (QED) is 0.826. The van der Waals surface area contributed by atoms with Gasteiger partial charge in [0.05, 0.1) is 0 Å². The molecule has 1 saturated heterocycles. The second kappa shape index (κ2) is 7.90. The number of halogens is 1. The van der Waals surface area contributed by atoms with E-state index in [1.807, 2.05) is 14.1 Å². The molecule has 0 aromatic carbocycles. The lowest BCUT2D eigenvalue weighted by Crippen LogP contribution is -2.49. The molecule has 5 heteroatoms. The lowest BCUT2D eigenvalue weighted by atomic mass is 9.97. The van der Waals surface area contributed by atoms with E-state index in [-0.39, 0.29) is 24.4 Å². The molecule has 0 aromatic rings. The van der Waals surface area contributed by atoms with Crippen LogP contribution in [0.25, 0.3) is 0 Å². The third-order valence-electron chi connectivity index (χ3n) is 3.38. The Bertz CT molecular complexity index is 234. The predicted octanol–water partition coefficient (Wildman–Crippen LogP) is 1.09. The van der Waals surface area contributed by atoms with Gasteiger partial charge in [-0.15, -0.1) is 12.4 Å². The van der Waals surface area contributed by atoms with Crippen molar-refractivity contribution in [3.05, 3.63) is 0 Å². The zero-order chi connectivity index (χ0) is 12.1. The molecule has 2 unspecified atom stereocenters. The average molecular weight is 264 g/mol. The molecule has 1 amide bonds. The van der Waals surface area contributed by atoms with Crippen molar-refractivity contribution in [1.82, 2.24) is 9.80 Å². The van der Waals surface area contributed by atoms with Crippen LogP contribution in [0.4, 0.5) is 0 Å². The Kier molecular flexibility index (Phi) is 7.75. The van der Waals surface area contributed by atoms with Gasteiger partial charge in [-0.2, -0.15) is 0 Å². The monoisotopic (exact) mass is 263 g/mol. The van der Waals surface area contributed by atoms with Gasteiger partial charge in [0.15, 0.2) is 0 Å². The zero-order valence-corrected chi connectivity index (χ0v) is 12.0. The summed E-state index contributed by atoms with van der Waals surface area (Å²) in [7, 11) is 3.61. The molecule has 102 valence electrons. The Balaban J connectivity index is 0.00000256. The molecule has 0 aliphatic carbocycles. The molecule has 0 radical (unpaired) electrons. The minimum atomic E-state index is 0. The Labute approximate surface area is 111 Å². The van der Waals surface area contributed by atoms with Gasteiger partial charge in [-0.25, -0.2) is 0 Å². The van der Waals surface area contributed by atoms with Crippen molar-refractivity contribution in [3.63, 3.8) is 0 Å². The predicted molar refractivity (Wildman–Crippen MR) is 73.4 cm³/mol. The maximum Gasteiger partial charge on any atom is 0.223 e. The molecule has 4 nitrogen and oxygen atoms in total. The minimum absolute atomic E-state index is 0. The van der Waals surface area contributed by atoms with Crippen LogP contribution in [0.3, 0.4) is 0 Å². The first kappa shape index (κ1) is 16.7. The van der Waals surface area contributed by atoms with Gasteiger partial charge in [0.25, 0.3) is 0 Å². The molecule has 2 N–H and O–H groups in total. The SMILES string of the molecule is CC(N)C1CCCCN1CCC(=O)N(C)C.Cl. The summed E-state index contributed by atoms with van der Waals surface area (Å²) in [6.07, 6.45) is 4.29. The average Bonchev–Trinajstić information content (AvgIpc) is 2.25. The third-order valence-corrected chi connectivity index (χ3v) is 3.38. The van der Waals surface area contributed by atoms with Crippen molar-refractivity contribution in [2.75, 3.05) is 27.2 Å². The number of amides is 1. The lowest BCUT2D eigenvalue weighted by molar-refractivity contribution is -0.129. The molecule has 1 aliphatic rings. The lowest BCUT2D eigenvalue weighted by Gasteiger charge is -2.38. The molecule has 1 fully saturated rings. The van der Waals surface area contributed by atoms with E-state index in [1.54, 1.807) is 4.90 Å². The van der Waals surface area contributed by atoms with E-state index in [4.69, 9.17) is 5.73 Å². The fraction of sp³-hybridized carbons (Fsp3) is 0.917. The highest BCUT2D eigenvalue weighted by atomic mass is 35.5. The summed E-state index contributed by atoms with van der Waals surface area (Å²) in [5, 5.41) is 0.